The Morgan fingerprint density at radius 3 is 2.79 bits per heavy atom. The van der Waals surface area contributed by atoms with E-state index in [2.05, 4.69) is 15.0 Å². The first-order valence-electron chi connectivity index (χ1n) is 6.03. The topological polar surface area (TPSA) is 80.0 Å². The van der Waals surface area contributed by atoms with Crippen molar-refractivity contribution >= 4 is 28.3 Å². The molecule has 1 amide bonds. The lowest BCUT2D eigenvalue weighted by Crippen LogP contribution is -2.29. The number of nitrogens with zero attached hydrogens (tertiary/aromatic N) is 1. The molecule has 100 valence electrons. The number of hydrogen-bond donors (Lipinski definition) is 3. The fourth-order valence-electron chi connectivity index (χ4n) is 1.73. The van der Waals surface area contributed by atoms with Gasteiger partial charge in [0.15, 0.2) is 0 Å². The zero-order valence-corrected chi connectivity index (χ0v) is 11.5. The Hall–Kier alpha value is -2.08. The number of anilines is 2. The summed E-state index contributed by atoms with van der Waals surface area (Å²) in [5.74, 6) is 0.433. The zero-order valence-electron chi connectivity index (χ0n) is 10.6. The molecule has 2 rings (SSSR count). The summed E-state index contributed by atoms with van der Waals surface area (Å²) in [4.78, 5) is 11.5. The van der Waals surface area contributed by atoms with Crippen LogP contribution in [-0.4, -0.2) is 23.4 Å². The molecule has 0 aliphatic heterocycles. The highest BCUT2D eigenvalue weighted by molar-refractivity contribution is 7.11. The number of rotatable bonds is 5. The minimum atomic E-state index is -0.0477. The van der Waals surface area contributed by atoms with Gasteiger partial charge in [-0.05, 0) is 24.0 Å². The minimum Gasteiger partial charge on any atom is -0.382 e. The number of hydrogen-bond acceptors (Lipinski definition) is 5. The average Bonchev–Trinajstić information content (AvgIpc) is 2.79. The number of carbonyl (C=O) groups is 1. The van der Waals surface area contributed by atoms with Gasteiger partial charge in [0.25, 0.3) is 0 Å². The van der Waals surface area contributed by atoms with Crippen molar-refractivity contribution in [3.63, 3.8) is 0 Å². The van der Waals surface area contributed by atoms with Crippen molar-refractivity contribution in [3.8, 4) is 11.1 Å². The van der Waals surface area contributed by atoms with E-state index in [0.29, 0.717) is 12.4 Å². The molecule has 0 saturated carbocycles. The molecule has 1 aromatic carbocycles. The second kappa shape index (κ2) is 6.19. The van der Waals surface area contributed by atoms with Gasteiger partial charge in [-0.2, -0.15) is 4.37 Å². The number of nitrogens with one attached hydrogen (secondary N) is 2. The van der Waals surface area contributed by atoms with Gasteiger partial charge in [-0.1, -0.05) is 30.3 Å². The number of nitrogen functional groups attached to an aromatic ring is 1. The summed E-state index contributed by atoms with van der Waals surface area (Å²) in [6, 6.07) is 9.77. The van der Waals surface area contributed by atoms with Gasteiger partial charge >= 0.3 is 0 Å². The van der Waals surface area contributed by atoms with Crippen molar-refractivity contribution in [3.05, 3.63) is 30.3 Å². The van der Waals surface area contributed by atoms with E-state index in [-0.39, 0.29) is 12.5 Å². The highest BCUT2D eigenvalue weighted by Crippen LogP contribution is 2.36. The van der Waals surface area contributed by atoms with Crippen LogP contribution in [0.25, 0.3) is 11.1 Å². The summed E-state index contributed by atoms with van der Waals surface area (Å²) in [5, 5.41) is 6.63. The third kappa shape index (κ3) is 3.23. The van der Waals surface area contributed by atoms with E-state index in [9.17, 15) is 4.79 Å². The molecule has 6 heteroatoms. The number of amides is 1. The smallest absolute Gasteiger partial charge is 0.239 e. The average molecular weight is 276 g/mol. The first kappa shape index (κ1) is 13.4. The Labute approximate surface area is 116 Å². The van der Waals surface area contributed by atoms with E-state index in [1.54, 1.807) is 0 Å². The lowest BCUT2D eigenvalue weighted by Gasteiger charge is -2.07. The molecule has 19 heavy (non-hydrogen) atoms. The van der Waals surface area contributed by atoms with E-state index < -0.39 is 0 Å². The summed E-state index contributed by atoms with van der Waals surface area (Å²) in [5.41, 5.74) is 7.75. The largest absolute Gasteiger partial charge is 0.382 e. The van der Waals surface area contributed by atoms with Crippen molar-refractivity contribution in [1.82, 2.24) is 9.69 Å². The third-order valence-electron chi connectivity index (χ3n) is 2.56. The molecule has 0 atom stereocenters. The molecule has 0 aliphatic rings. The van der Waals surface area contributed by atoms with E-state index in [1.807, 2.05) is 37.3 Å². The van der Waals surface area contributed by atoms with Crippen LogP contribution in [0.1, 0.15) is 6.92 Å². The van der Waals surface area contributed by atoms with Gasteiger partial charge in [0.1, 0.15) is 10.8 Å². The Balaban J connectivity index is 2.17. The van der Waals surface area contributed by atoms with Gasteiger partial charge < -0.3 is 16.4 Å². The Morgan fingerprint density at radius 1 is 1.37 bits per heavy atom. The lowest BCUT2D eigenvalue weighted by molar-refractivity contribution is -0.119. The zero-order chi connectivity index (χ0) is 13.7. The summed E-state index contributed by atoms with van der Waals surface area (Å²) < 4.78 is 4.14. The van der Waals surface area contributed by atoms with Gasteiger partial charge in [-0.15, -0.1) is 0 Å². The van der Waals surface area contributed by atoms with Crippen LogP contribution < -0.4 is 16.4 Å². The molecule has 0 fully saturated rings. The van der Waals surface area contributed by atoms with Gasteiger partial charge in [0.2, 0.25) is 5.91 Å². The van der Waals surface area contributed by atoms with Gasteiger partial charge in [-0.3, -0.25) is 4.79 Å². The van der Waals surface area contributed by atoms with Crippen molar-refractivity contribution in [2.45, 2.75) is 6.92 Å². The molecule has 1 heterocycles. The fourth-order valence-corrected chi connectivity index (χ4v) is 2.46. The monoisotopic (exact) mass is 276 g/mol. The maximum atomic E-state index is 11.5. The van der Waals surface area contributed by atoms with Crippen molar-refractivity contribution in [2.75, 3.05) is 24.1 Å². The molecular weight excluding hydrogens is 260 g/mol. The van der Waals surface area contributed by atoms with Crippen LogP contribution in [0.3, 0.4) is 0 Å². The molecule has 4 N–H and O–H groups in total. The first-order valence-corrected chi connectivity index (χ1v) is 6.80. The van der Waals surface area contributed by atoms with Crippen LogP contribution in [0, 0.1) is 0 Å². The maximum absolute atomic E-state index is 11.5. The normalized spacial score (nSPS) is 10.2. The molecule has 5 nitrogen and oxygen atoms in total. The fraction of sp³-hybridized carbons (Fsp3) is 0.231. The molecule has 0 radical (unpaired) electrons. The molecular formula is C13H16N4OS. The van der Waals surface area contributed by atoms with Crippen LogP contribution in [-0.2, 0) is 4.79 Å². The Morgan fingerprint density at radius 2 is 2.11 bits per heavy atom. The van der Waals surface area contributed by atoms with Crippen LogP contribution >= 0.6 is 11.5 Å². The summed E-state index contributed by atoms with van der Waals surface area (Å²) >= 11 is 1.26. The number of aromatic nitrogens is 1. The number of likely N-dealkylation sites (N-methyl/N-ethyl adjacent to an activating group) is 1. The van der Waals surface area contributed by atoms with Gasteiger partial charge in [0, 0.05) is 6.54 Å². The second-order valence-electron chi connectivity index (χ2n) is 3.95. The molecule has 2 aromatic rings. The molecule has 0 aliphatic carbocycles. The van der Waals surface area contributed by atoms with E-state index in [1.165, 1.54) is 11.5 Å². The van der Waals surface area contributed by atoms with Gasteiger partial charge in [0.05, 0.1) is 12.1 Å². The number of benzene rings is 1. The van der Waals surface area contributed by atoms with E-state index >= 15 is 0 Å². The van der Waals surface area contributed by atoms with Crippen molar-refractivity contribution in [2.24, 2.45) is 0 Å². The maximum Gasteiger partial charge on any atom is 0.239 e. The van der Waals surface area contributed by atoms with Crippen LogP contribution in [0.5, 0.6) is 0 Å². The molecule has 0 saturated heterocycles. The van der Waals surface area contributed by atoms with Crippen molar-refractivity contribution in [1.29, 1.82) is 0 Å². The van der Waals surface area contributed by atoms with Gasteiger partial charge in [-0.25, -0.2) is 0 Å². The van der Waals surface area contributed by atoms with E-state index in [0.717, 1.165) is 16.1 Å². The predicted octanol–water partition coefficient (Wildman–Crippen LogP) is 1.94. The quantitative estimate of drug-likeness (QED) is 0.779. The second-order valence-corrected chi connectivity index (χ2v) is 4.72. The summed E-state index contributed by atoms with van der Waals surface area (Å²) in [7, 11) is 0. The third-order valence-corrected chi connectivity index (χ3v) is 3.38. The van der Waals surface area contributed by atoms with Crippen LogP contribution in [0.2, 0.25) is 0 Å². The minimum absolute atomic E-state index is 0.0477. The molecule has 0 unspecified atom stereocenters. The highest BCUT2D eigenvalue weighted by atomic mass is 32.1. The van der Waals surface area contributed by atoms with Crippen LogP contribution in [0.4, 0.5) is 10.8 Å². The number of nitrogens with two attached hydrogens (primary N) is 1. The Bertz CT molecular complexity index is 553. The highest BCUT2D eigenvalue weighted by Gasteiger charge is 2.13. The predicted molar refractivity (Wildman–Crippen MR) is 79.1 cm³/mol. The Kier molecular flexibility index (Phi) is 4.35. The first-order chi connectivity index (χ1) is 9.22. The standard InChI is InChI=1S/C13H16N4OS/c1-2-15-10(18)8-16-13-11(12(14)17-19-13)9-6-4-3-5-7-9/h3-7,16H,2,8H2,1H3,(H2,14,17)(H,15,18). The number of carbonyl (C=O) groups excluding carboxylic acids is 1. The molecule has 1 aromatic heterocycles. The lowest BCUT2D eigenvalue weighted by atomic mass is 10.1. The molecule has 0 bridgehead atoms. The molecule has 0 spiro atoms. The van der Waals surface area contributed by atoms with Crippen molar-refractivity contribution < 1.29 is 4.79 Å². The summed E-state index contributed by atoms with van der Waals surface area (Å²) in [6.45, 7) is 2.73. The SMILES string of the molecule is CCNC(=O)CNc1snc(N)c1-c1ccccc1. The van der Waals surface area contributed by atoms with E-state index in [4.69, 9.17) is 5.73 Å². The van der Waals surface area contributed by atoms with Crippen LogP contribution in [0.15, 0.2) is 30.3 Å². The summed E-state index contributed by atoms with van der Waals surface area (Å²) in [6.07, 6.45) is 0.